The molecule has 0 aliphatic heterocycles. The van der Waals surface area contributed by atoms with Crippen molar-refractivity contribution in [3.05, 3.63) is 44.6 Å². The monoisotopic (exact) mass is 282 g/mol. The summed E-state index contributed by atoms with van der Waals surface area (Å²) in [4.78, 5) is 4.28. The summed E-state index contributed by atoms with van der Waals surface area (Å²) in [5.74, 6) is 0. The third kappa shape index (κ3) is 2.63. The van der Waals surface area contributed by atoms with Gasteiger partial charge >= 0.3 is 0 Å². The number of hydrogen-bond acceptors (Lipinski definition) is 3. The summed E-state index contributed by atoms with van der Waals surface area (Å²) in [5, 5.41) is 1.05. The normalized spacial score (nSPS) is 10.6. The van der Waals surface area contributed by atoms with Crippen LogP contribution >= 0.6 is 27.5 Å². The molecule has 1 heterocycles. The van der Waals surface area contributed by atoms with Crippen molar-refractivity contribution in [3.63, 3.8) is 0 Å². The second-order valence-corrected chi connectivity index (χ2v) is 5.10. The molecule has 0 saturated heterocycles. The minimum atomic E-state index is 0.686. The molecule has 4 heteroatoms. The fraction of sp³-hybridized carbons (Fsp3) is 0.273. The summed E-state index contributed by atoms with van der Waals surface area (Å²) in [5.41, 5.74) is 3.95. The van der Waals surface area contributed by atoms with Gasteiger partial charge in [0.05, 0.1) is 0 Å². The van der Waals surface area contributed by atoms with Crippen LogP contribution in [0.5, 0.6) is 0 Å². The third-order valence-electron chi connectivity index (χ3n) is 2.37. The van der Waals surface area contributed by atoms with Gasteiger partial charge in [-0.05, 0) is 58.0 Å². The van der Waals surface area contributed by atoms with Crippen LogP contribution in [-0.4, -0.2) is 9.36 Å². The van der Waals surface area contributed by atoms with Crippen LogP contribution in [0.3, 0.4) is 0 Å². The zero-order valence-electron chi connectivity index (χ0n) is 8.62. The first-order valence-electron chi connectivity index (χ1n) is 4.69. The van der Waals surface area contributed by atoms with Crippen molar-refractivity contribution in [3.8, 4) is 0 Å². The Labute approximate surface area is 102 Å². The molecule has 0 aliphatic carbocycles. The molecule has 2 aromatic rings. The number of hydrogen-bond donors (Lipinski definition) is 0. The second-order valence-electron chi connectivity index (χ2n) is 3.55. The number of aromatic nitrogens is 2. The topological polar surface area (TPSA) is 25.8 Å². The van der Waals surface area contributed by atoms with Gasteiger partial charge < -0.3 is 0 Å². The van der Waals surface area contributed by atoms with Gasteiger partial charge in [-0.2, -0.15) is 4.37 Å². The van der Waals surface area contributed by atoms with Gasteiger partial charge in [-0.1, -0.05) is 18.2 Å². The lowest BCUT2D eigenvalue weighted by Gasteiger charge is -2.02. The van der Waals surface area contributed by atoms with Crippen molar-refractivity contribution < 1.29 is 0 Å². The van der Waals surface area contributed by atoms with Gasteiger partial charge in [0.1, 0.15) is 5.01 Å². The summed E-state index contributed by atoms with van der Waals surface area (Å²) in [6.07, 6.45) is 0.865. The van der Waals surface area contributed by atoms with Crippen molar-refractivity contribution >= 4 is 27.5 Å². The molecule has 0 saturated carbocycles. The summed E-state index contributed by atoms with van der Waals surface area (Å²) < 4.78 is 4.79. The van der Waals surface area contributed by atoms with Crippen LogP contribution < -0.4 is 0 Å². The van der Waals surface area contributed by atoms with Crippen molar-refractivity contribution in [2.75, 3.05) is 0 Å². The zero-order valence-corrected chi connectivity index (χ0v) is 11.0. The summed E-state index contributed by atoms with van der Waals surface area (Å²) in [7, 11) is 0. The second kappa shape index (κ2) is 4.41. The van der Waals surface area contributed by atoms with E-state index < -0.39 is 0 Å². The van der Waals surface area contributed by atoms with E-state index in [9.17, 15) is 0 Å². The van der Waals surface area contributed by atoms with Crippen LogP contribution in [0.4, 0.5) is 0 Å². The summed E-state index contributed by atoms with van der Waals surface area (Å²) in [6, 6.07) is 6.52. The number of aryl methyl sites for hydroxylation is 2. The maximum absolute atomic E-state index is 4.28. The summed E-state index contributed by atoms with van der Waals surface area (Å²) in [6.45, 7) is 4.26. The predicted octanol–water partition coefficient (Wildman–Crippen LogP) is 3.51. The highest BCUT2D eigenvalue weighted by atomic mass is 79.9. The van der Waals surface area contributed by atoms with E-state index in [2.05, 4.69) is 57.3 Å². The first kappa shape index (κ1) is 10.8. The SMILES string of the molecule is Cc1ccc(Cc2nc(Br)ns2)cc1C. The molecule has 2 rings (SSSR count). The third-order valence-corrected chi connectivity index (χ3v) is 3.67. The van der Waals surface area contributed by atoms with E-state index in [0.717, 1.165) is 11.4 Å². The highest BCUT2D eigenvalue weighted by Gasteiger charge is 2.03. The molecular formula is C11H11BrN2S. The van der Waals surface area contributed by atoms with Crippen molar-refractivity contribution in [1.29, 1.82) is 0 Å². The number of rotatable bonds is 2. The van der Waals surface area contributed by atoms with Gasteiger partial charge in [0.25, 0.3) is 0 Å². The van der Waals surface area contributed by atoms with Crippen LogP contribution in [0.25, 0.3) is 0 Å². The Morgan fingerprint density at radius 2 is 2.07 bits per heavy atom. The Morgan fingerprint density at radius 3 is 2.67 bits per heavy atom. The van der Waals surface area contributed by atoms with E-state index >= 15 is 0 Å². The van der Waals surface area contributed by atoms with Crippen molar-refractivity contribution in [2.45, 2.75) is 20.3 Å². The van der Waals surface area contributed by atoms with Gasteiger partial charge in [-0.3, -0.25) is 0 Å². The van der Waals surface area contributed by atoms with E-state index in [4.69, 9.17) is 0 Å². The van der Waals surface area contributed by atoms with Gasteiger partial charge in [-0.15, -0.1) is 0 Å². The highest BCUT2D eigenvalue weighted by Crippen LogP contribution is 2.16. The number of halogens is 1. The molecule has 0 amide bonds. The van der Waals surface area contributed by atoms with E-state index in [-0.39, 0.29) is 0 Å². The standard InChI is InChI=1S/C11H11BrN2S/c1-7-3-4-9(5-8(7)2)6-10-13-11(12)14-15-10/h3-5H,6H2,1-2H3. The molecule has 0 bridgehead atoms. The molecule has 0 fully saturated rings. The van der Waals surface area contributed by atoms with E-state index in [1.807, 2.05) is 0 Å². The Balaban J connectivity index is 2.21. The van der Waals surface area contributed by atoms with Crippen LogP contribution in [0.1, 0.15) is 21.7 Å². The first-order chi connectivity index (χ1) is 7.15. The number of benzene rings is 1. The Hall–Kier alpha value is -0.740. The lowest BCUT2D eigenvalue weighted by molar-refractivity contribution is 1.10. The predicted molar refractivity (Wildman–Crippen MR) is 66.3 cm³/mol. The minimum Gasteiger partial charge on any atom is -0.214 e. The Morgan fingerprint density at radius 1 is 1.27 bits per heavy atom. The van der Waals surface area contributed by atoms with Crippen LogP contribution in [0, 0.1) is 13.8 Å². The molecule has 1 aromatic carbocycles. The molecule has 1 aromatic heterocycles. The Bertz CT molecular complexity index is 479. The summed E-state index contributed by atoms with van der Waals surface area (Å²) >= 11 is 4.71. The molecule has 0 aliphatic rings. The van der Waals surface area contributed by atoms with Gasteiger partial charge in [0.2, 0.25) is 4.73 Å². The average Bonchev–Trinajstić information content (AvgIpc) is 2.58. The highest BCUT2D eigenvalue weighted by molar-refractivity contribution is 9.10. The fourth-order valence-electron chi connectivity index (χ4n) is 1.39. The van der Waals surface area contributed by atoms with E-state index in [1.165, 1.54) is 28.2 Å². The molecule has 0 radical (unpaired) electrons. The lowest BCUT2D eigenvalue weighted by Crippen LogP contribution is -1.89. The average molecular weight is 283 g/mol. The maximum atomic E-state index is 4.28. The Kier molecular flexibility index (Phi) is 3.17. The molecule has 0 N–H and O–H groups in total. The van der Waals surface area contributed by atoms with E-state index in [0.29, 0.717) is 4.73 Å². The molecule has 2 nitrogen and oxygen atoms in total. The van der Waals surface area contributed by atoms with Crippen molar-refractivity contribution in [2.24, 2.45) is 0 Å². The van der Waals surface area contributed by atoms with Gasteiger partial charge in [0.15, 0.2) is 0 Å². The molecule has 15 heavy (non-hydrogen) atoms. The first-order valence-corrected chi connectivity index (χ1v) is 6.26. The maximum Gasteiger partial charge on any atom is 0.209 e. The minimum absolute atomic E-state index is 0.686. The largest absolute Gasteiger partial charge is 0.214 e. The molecular weight excluding hydrogens is 272 g/mol. The van der Waals surface area contributed by atoms with Gasteiger partial charge in [0, 0.05) is 6.42 Å². The smallest absolute Gasteiger partial charge is 0.209 e. The quantitative estimate of drug-likeness (QED) is 0.843. The number of nitrogens with zero attached hydrogens (tertiary/aromatic N) is 2. The van der Waals surface area contributed by atoms with Crippen molar-refractivity contribution in [1.82, 2.24) is 9.36 Å². The lowest BCUT2D eigenvalue weighted by atomic mass is 10.0. The van der Waals surface area contributed by atoms with Crippen LogP contribution in [0.2, 0.25) is 0 Å². The fourth-order valence-corrected chi connectivity index (χ4v) is 2.52. The van der Waals surface area contributed by atoms with Crippen LogP contribution in [0.15, 0.2) is 22.9 Å². The van der Waals surface area contributed by atoms with Gasteiger partial charge in [-0.25, -0.2) is 4.98 Å². The molecule has 0 atom stereocenters. The molecule has 0 unspecified atom stereocenters. The van der Waals surface area contributed by atoms with Crippen LogP contribution in [-0.2, 0) is 6.42 Å². The molecule has 78 valence electrons. The van der Waals surface area contributed by atoms with E-state index in [1.54, 1.807) is 0 Å². The molecule has 0 spiro atoms. The zero-order chi connectivity index (χ0) is 10.8.